The second-order valence-electron chi connectivity index (χ2n) is 5.15. The van der Waals surface area contributed by atoms with Crippen LogP contribution < -0.4 is 0 Å². The van der Waals surface area contributed by atoms with Crippen molar-refractivity contribution >= 4 is 16.9 Å². The van der Waals surface area contributed by atoms with E-state index in [0.717, 1.165) is 5.75 Å². The van der Waals surface area contributed by atoms with Crippen LogP contribution in [0.1, 0.15) is 66.2 Å². The Balaban J connectivity index is 3.28. The summed E-state index contributed by atoms with van der Waals surface area (Å²) in [5.41, 5.74) is -0.174. The van der Waals surface area contributed by atoms with Crippen LogP contribution in [0, 0.1) is 5.41 Å². The molecular formula is C13H26OS. The van der Waals surface area contributed by atoms with Gasteiger partial charge in [0.05, 0.1) is 0 Å². The molecular weight excluding hydrogens is 204 g/mol. The van der Waals surface area contributed by atoms with Crippen molar-refractivity contribution in [2.45, 2.75) is 66.2 Å². The van der Waals surface area contributed by atoms with Gasteiger partial charge < -0.3 is 0 Å². The minimum absolute atomic E-state index is 0.174. The van der Waals surface area contributed by atoms with Crippen molar-refractivity contribution in [3.8, 4) is 0 Å². The maximum absolute atomic E-state index is 11.6. The molecule has 0 heterocycles. The van der Waals surface area contributed by atoms with Gasteiger partial charge >= 0.3 is 0 Å². The Morgan fingerprint density at radius 1 is 1.00 bits per heavy atom. The van der Waals surface area contributed by atoms with Crippen molar-refractivity contribution in [2.75, 3.05) is 5.75 Å². The van der Waals surface area contributed by atoms with Crippen molar-refractivity contribution in [3.05, 3.63) is 0 Å². The average Bonchev–Trinajstić information content (AvgIpc) is 2.14. The van der Waals surface area contributed by atoms with E-state index in [4.69, 9.17) is 0 Å². The number of carbonyl (C=O) groups excluding carboxylic acids is 1. The number of rotatable bonds is 7. The van der Waals surface area contributed by atoms with E-state index in [9.17, 15) is 4.79 Å². The summed E-state index contributed by atoms with van der Waals surface area (Å²) in [7, 11) is 0. The molecule has 0 aromatic rings. The predicted molar refractivity (Wildman–Crippen MR) is 70.3 cm³/mol. The van der Waals surface area contributed by atoms with Crippen LogP contribution in [0.15, 0.2) is 0 Å². The first-order valence-corrected chi connectivity index (χ1v) is 7.14. The molecule has 0 saturated carbocycles. The summed E-state index contributed by atoms with van der Waals surface area (Å²) < 4.78 is 0. The molecule has 90 valence electrons. The summed E-state index contributed by atoms with van der Waals surface area (Å²) in [5.74, 6) is 1.00. The number of thioether (sulfide) groups is 1. The van der Waals surface area contributed by atoms with Crippen LogP contribution in [-0.2, 0) is 4.79 Å². The molecule has 1 nitrogen and oxygen atoms in total. The molecule has 0 bridgehead atoms. The van der Waals surface area contributed by atoms with Crippen LogP contribution in [0.25, 0.3) is 0 Å². The normalized spacial score (nSPS) is 11.7. The molecule has 0 spiro atoms. The van der Waals surface area contributed by atoms with E-state index in [0.29, 0.717) is 5.12 Å². The molecule has 0 amide bonds. The lowest BCUT2D eigenvalue weighted by atomic mass is 10.00. The van der Waals surface area contributed by atoms with Crippen LogP contribution in [-0.4, -0.2) is 10.9 Å². The predicted octanol–water partition coefficient (Wildman–Crippen LogP) is 4.65. The van der Waals surface area contributed by atoms with Gasteiger partial charge in [0, 0.05) is 11.2 Å². The second kappa shape index (κ2) is 8.20. The molecule has 2 heteroatoms. The van der Waals surface area contributed by atoms with Gasteiger partial charge in [0.25, 0.3) is 0 Å². The van der Waals surface area contributed by atoms with Crippen LogP contribution in [0.3, 0.4) is 0 Å². The zero-order chi connectivity index (χ0) is 11.7. The van der Waals surface area contributed by atoms with E-state index < -0.39 is 0 Å². The monoisotopic (exact) mass is 230 g/mol. The van der Waals surface area contributed by atoms with Gasteiger partial charge in [-0.05, 0) is 6.42 Å². The Labute approximate surface area is 99.4 Å². The highest BCUT2D eigenvalue weighted by molar-refractivity contribution is 8.13. The molecule has 0 aromatic carbocycles. The average molecular weight is 230 g/mol. The fourth-order valence-corrected chi connectivity index (χ4v) is 2.23. The largest absolute Gasteiger partial charge is 0.287 e. The molecule has 0 radical (unpaired) electrons. The zero-order valence-corrected chi connectivity index (χ0v) is 11.6. The Bertz CT molecular complexity index is 170. The van der Waals surface area contributed by atoms with E-state index in [1.54, 1.807) is 0 Å². The highest BCUT2D eigenvalue weighted by Gasteiger charge is 2.20. The molecule has 0 aromatic heterocycles. The summed E-state index contributed by atoms with van der Waals surface area (Å²) in [6.07, 6.45) is 7.82. The van der Waals surface area contributed by atoms with E-state index in [1.807, 2.05) is 20.8 Å². The zero-order valence-electron chi connectivity index (χ0n) is 10.8. The Kier molecular flexibility index (Phi) is 8.22. The fraction of sp³-hybridized carbons (Fsp3) is 0.923. The molecule has 0 unspecified atom stereocenters. The summed E-state index contributed by atoms with van der Waals surface area (Å²) in [6.45, 7) is 8.20. The van der Waals surface area contributed by atoms with Gasteiger partial charge in [-0.1, -0.05) is 71.6 Å². The number of unbranched alkanes of at least 4 members (excludes halogenated alkanes) is 5. The molecule has 0 aliphatic carbocycles. The Hall–Kier alpha value is 0.0200. The lowest BCUT2D eigenvalue weighted by molar-refractivity contribution is -0.117. The Morgan fingerprint density at radius 3 is 2.07 bits per heavy atom. The first-order valence-electron chi connectivity index (χ1n) is 6.15. The van der Waals surface area contributed by atoms with E-state index in [2.05, 4.69) is 6.92 Å². The highest BCUT2D eigenvalue weighted by atomic mass is 32.2. The number of hydrogen-bond acceptors (Lipinski definition) is 2. The molecule has 0 fully saturated rings. The van der Waals surface area contributed by atoms with Crippen LogP contribution in [0.2, 0.25) is 0 Å². The molecule has 15 heavy (non-hydrogen) atoms. The third-order valence-electron chi connectivity index (χ3n) is 2.34. The van der Waals surface area contributed by atoms with Gasteiger partial charge in [0.1, 0.15) is 0 Å². The summed E-state index contributed by atoms with van der Waals surface area (Å²) in [6, 6.07) is 0. The third kappa shape index (κ3) is 8.98. The van der Waals surface area contributed by atoms with Crippen molar-refractivity contribution in [1.82, 2.24) is 0 Å². The minimum atomic E-state index is -0.174. The van der Waals surface area contributed by atoms with Crippen molar-refractivity contribution in [1.29, 1.82) is 0 Å². The Morgan fingerprint density at radius 2 is 1.53 bits per heavy atom. The minimum Gasteiger partial charge on any atom is -0.287 e. The van der Waals surface area contributed by atoms with Gasteiger partial charge in [-0.3, -0.25) is 4.79 Å². The SMILES string of the molecule is CCCCCCCCSC(=O)C(C)(C)C. The molecule has 0 N–H and O–H groups in total. The van der Waals surface area contributed by atoms with Crippen LogP contribution in [0.4, 0.5) is 0 Å². The van der Waals surface area contributed by atoms with Gasteiger partial charge in [0.15, 0.2) is 5.12 Å². The highest BCUT2D eigenvalue weighted by Crippen LogP contribution is 2.23. The maximum atomic E-state index is 11.6. The summed E-state index contributed by atoms with van der Waals surface area (Å²) >= 11 is 1.51. The lowest BCUT2D eigenvalue weighted by Gasteiger charge is -2.15. The number of hydrogen-bond donors (Lipinski definition) is 0. The third-order valence-corrected chi connectivity index (χ3v) is 3.71. The fourth-order valence-electron chi connectivity index (χ4n) is 1.26. The van der Waals surface area contributed by atoms with Gasteiger partial charge in [0.2, 0.25) is 0 Å². The molecule has 0 saturated heterocycles. The maximum Gasteiger partial charge on any atom is 0.194 e. The molecule has 0 atom stereocenters. The topological polar surface area (TPSA) is 17.1 Å². The summed E-state index contributed by atoms with van der Waals surface area (Å²) in [4.78, 5) is 11.6. The van der Waals surface area contributed by atoms with Crippen molar-refractivity contribution < 1.29 is 4.79 Å². The van der Waals surface area contributed by atoms with E-state index >= 15 is 0 Å². The standard InChI is InChI=1S/C13H26OS/c1-5-6-7-8-9-10-11-15-12(14)13(2,3)4/h5-11H2,1-4H3. The quantitative estimate of drug-likeness (QED) is 0.592. The molecule has 0 rings (SSSR count). The molecule has 0 aliphatic rings. The number of carbonyl (C=O) groups is 1. The smallest absolute Gasteiger partial charge is 0.194 e. The van der Waals surface area contributed by atoms with Crippen molar-refractivity contribution in [2.24, 2.45) is 5.41 Å². The second-order valence-corrected chi connectivity index (χ2v) is 6.22. The van der Waals surface area contributed by atoms with Gasteiger partial charge in [-0.25, -0.2) is 0 Å². The first kappa shape index (κ1) is 15.0. The lowest BCUT2D eigenvalue weighted by Crippen LogP contribution is -2.16. The van der Waals surface area contributed by atoms with E-state index in [-0.39, 0.29) is 5.41 Å². The van der Waals surface area contributed by atoms with Crippen LogP contribution in [0.5, 0.6) is 0 Å². The van der Waals surface area contributed by atoms with Crippen LogP contribution >= 0.6 is 11.8 Å². The van der Waals surface area contributed by atoms with Gasteiger partial charge in [-0.15, -0.1) is 0 Å². The van der Waals surface area contributed by atoms with Crippen molar-refractivity contribution in [3.63, 3.8) is 0 Å². The summed E-state index contributed by atoms with van der Waals surface area (Å²) in [5, 5.41) is 0.330. The first-order chi connectivity index (χ1) is 6.98. The van der Waals surface area contributed by atoms with Gasteiger partial charge in [-0.2, -0.15) is 0 Å². The molecule has 0 aliphatic heterocycles. The van der Waals surface area contributed by atoms with E-state index in [1.165, 1.54) is 50.3 Å².